The fourth-order valence-corrected chi connectivity index (χ4v) is 4.63. The monoisotopic (exact) mass is 465 g/mol. The van der Waals surface area contributed by atoms with Crippen molar-refractivity contribution in [2.75, 3.05) is 10.0 Å². The van der Waals surface area contributed by atoms with Crippen molar-refractivity contribution in [2.24, 2.45) is 0 Å². The lowest BCUT2D eigenvalue weighted by Gasteiger charge is -2.14. The second kappa shape index (κ2) is 9.87. The van der Waals surface area contributed by atoms with Gasteiger partial charge in [0.2, 0.25) is 0 Å². The third-order valence-corrected chi connectivity index (χ3v) is 6.38. The third kappa shape index (κ3) is 5.98. The van der Waals surface area contributed by atoms with Crippen LogP contribution in [0.1, 0.15) is 45.7 Å². The van der Waals surface area contributed by atoms with Crippen LogP contribution in [0.2, 0.25) is 0 Å². The van der Waals surface area contributed by atoms with E-state index in [0.717, 1.165) is 5.56 Å². The largest absolute Gasteiger partial charge is 0.350 e. The van der Waals surface area contributed by atoms with Crippen molar-refractivity contribution in [3.8, 4) is 0 Å². The number of sulfonamides is 1. The average Bonchev–Trinajstić information content (AvgIpc) is 2.75. The fraction of sp³-hybridized carbons (Fsp3) is 0.200. The van der Waals surface area contributed by atoms with Gasteiger partial charge in [-0.3, -0.25) is 14.3 Å². The second-order valence-electron chi connectivity index (χ2n) is 8.08. The average molecular weight is 466 g/mol. The van der Waals surface area contributed by atoms with E-state index in [1.54, 1.807) is 61.5 Å². The van der Waals surface area contributed by atoms with Gasteiger partial charge < -0.3 is 10.6 Å². The molecule has 0 saturated heterocycles. The molecule has 0 spiro atoms. The summed E-state index contributed by atoms with van der Waals surface area (Å²) < 4.78 is 28.5. The Labute approximate surface area is 194 Å². The lowest BCUT2D eigenvalue weighted by Crippen LogP contribution is -2.30. The fourth-order valence-electron chi connectivity index (χ4n) is 3.22. The summed E-state index contributed by atoms with van der Waals surface area (Å²) in [5.41, 5.74) is 2.72. The van der Waals surface area contributed by atoms with Crippen LogP contribution in [-0.4, -0.2) is 26.3 Å². The lowest BCUT2D eigenvalue weighted by molar-refractivity contribution is 0.0942. The standard InChI is InChI=1S/C25H27N3O4S/c1-16(2)26-24(29)19-11-13-20(14-12-19)27-25(30)21-7-5-6-8-22(21)28-33(31,32)23-15-17(3)9-10-18(23)4/h5-16,28H,1-4H3,(H,26,29)(H,27,30). The molecule has 0 unspecified atom stereocenters. The first kappa shape index (κ1) is 24.0. The van der Waals surface area contributed by atoms with Crippen molar-refractivity contribution >= 4 is 33.2 Å². The van der Waals surface area contributed by atoms with Gasteiger partial charge in [-0.05, 0) is 81.3 Å². The minimum Gasteiger partial charge on any atom is -0.350 e. The molecule has 2 amide bonds. The summed E-state index contributed by atoms with van der Waals surface area (Å²) >= 11 is 0. The van der Waals surface area contributed by atoms with Crippen LogP contribution in [0.25, 0.3) is 0 Å². The van der Waals surface area contributed by atoms with Gasteiger partial charge in [-0.15, -0.1) is 0 Å². The van der Waals surface area contributed by atoms with Crippen LogP contribution in [0.4, 0.5) is 11.4 Å². The Kier molecular flexibility index (Phi) is 7.18. The van der Waals surface area contributed by atoms with Gasteiger partial charge in [0.15, 0.2) is 0 Å². The lowest BCUT2D eigenvalue weighted by atomic mass is 10.1. The highest BCUT2D eigenvalue weighted by Crippen LogP contribution is 2.24. The molecule has 0 fully saturated rings. The summed E-state index contributed by atoms with van der Waals surface area (Å²) in [7, 11) is -3.90. The van der Waals surface area contributed by atoms with Gasteiger partial charge in [-0.2, -0.15) is 0 Å². The van der Waals surface area contributed by atoms with Crippen LogP contribution < -0.4 is 15.4 Å². The second-order valence-corrected chi connectivity index (χ2v) is 9.73. The number of benzene rings is 3. The highest BCUT2D eigenvalue weighted by Gasteiger charge is 2.20. The number of hydrogen-bond donors (Lipinski definition) is 3. The van der Waals surface area contributed by atoms with Crippen LogP contribution in [0.3, 0.4) is 0 Å². The number of amides is 2. The predicted octanol–water partition coefficient (Wildman–Crippen LogP) is 4.49. The summed E-state index contributed by atoms with van der Waals surface area (Å²) in [6, 6.07) is 18.1. The molecule has 3 aromatic carbocycles. The maximum absolute atomic E-state index is 13.0. The third-order valence-electron chi connectivity index (χ3n) is 4.87. The van der Waals surface area contributed by atoms with Crippen molar-refractivity contribution in [1.29, 1.82) is 0 Å². The molecule has 0 aliphatic heterocycles. The Balaban J connectivity index is 1.81. The first-order valence-corrected chi connectivity index (χ1v) is 12.0. The van der Waals surface area contributed by atoms with Crippen LogP contribution in [0.15, 0.2) is 71.6 Å². The molecular weight excluding hydrogens is 438 g/mol. The number of aryl methyl sites for hydroxylation is 2. The van der Waals surface area contributed by atoms with Gasteiger partial charge in [0, 0.05) is 17.3 Å². The molecule has 8 heteroatoms. The Morgan fingerprint density at radius 1 is 0.848 bits per heavy atom. The van der Waals surface area contributed by atoms with E-state index in [2.05, 4.69) is 15.4 Å². The zero-order valence-corrected chi connectivity index (χ0v) is 19.8. The van der Waals surface area contributed by atoms with Crippen molar-refractivity contribution in [3.63, 3.8) is 0 Å². The number of carbonyl (C=O) groups is 2. The minimum absolute atomic E-state index is 0.0146. The molecule has 0 radical (unpaired) electrons. The number of anilines is 2. The van der Waals surface area contributed by atoms with Crippen LogP contribution >= 0.6 is 0 Å². The highest BCUT2D eigenvalue weighted by atomic mass is 32.2. The first-order chi connectivity index (χ1) is 15.6. The van der Waals surface area contributed by atoms with E-state index < -0.39 is 15.9 Å². The van der Waals surface area contributed by atoms with E-state index in [1.165, 1.54) is 6.07 Å². The van der Waals surface area contributed by atoms with Crippen LogP contribution in [-0.2, 0) is 10.0 Å². The first-order valence-electron chi connectivity index (χ1n) is 10.5. The molecule has 0 aliphatic carbocycles. The Bertz CT molecular complexity index is 1280. The topological polar surface area (TPSA) is 104 Å². The van der Waals surface area contributed by atoms with E-state index >= 15 is 0 Å². The quantitative estimate of drug-likeness (QED) is 0.478. The normalized spacial score (nSPS) is 11.2. The van der Waals surface area contributed by atoms with E-state index in [0.29, 0.717) is 16.8 Å². The minimum atomic E-state index is -3.90. The zero-order chi connectivity index (χ0) is 24.2. The molecule has 0 saturated carbocycles. The van der Waals surface area contributed by atoms with Crippen molar-refractivity contribution in [1.82, 2.24) is 5.32 Å². The summed E-state index contributed by atoms with van der Waals surface area (Å²) in [6.07, 6.45) is 0. The smallest absolute Gasteiger partial charge is 0.262 e. The molecule has 3 aromatic rings. The number of hydrogen-bond acceptors (Lipinski definition) is 4. The summed E-state index contributed by atoms with van der Waals surface area (Å²) in [6.45, 7) is 7.28. The zero-order valence-electron chi connectivity index (χ0n) is 19.0. The maximum atomic E-state index is 13.0. The summed E-state index contributed by atoms with van der Waals surface area (Å²) in [5.74, 6) is -0.678. The van der Waals surface area contributed by atoms with Gasteiger partial charge in [0.05, 0.1) is 16.1 Å². The molecule has 0 heterocycles. The number of rotatable bonds is 7. The Hall–Kier alpha value is -3.65. The summed E-state index contributed by atoms with van der Waals surface area (Å²) in [4.78, 5) is 25.2. The van der Waals surface area contributed by atoms with Gasteiger partial charge in [-0.1, -0.05) is 24.3 Å². The Morgan fingerprint density at radius 3 is 2.18 bits per heavy atom. The molecule has 33 heavy (non-hydrogen) atoms. The summed E-state index contributed by atoms with van der Waals surface area (Å²) in [5, 5.41) is 5.55. The molecule has 3 N–H and O–H groups in total. The number of para-hydroxylation sites is 1. The van der Waals surface area contributed by atoms with Gasteiger partial charge >= 0.3 is 0 Å². The van der Waals surface area contributed by atoms with Gasteiger partial charge in [0.1, 0.15) is 0 Å². The molecule has 7 nitrogen and oxygen atoms in total. The number of nitrogens with one attached hydrogen (secondary N) is 3. The predicted molar refractivity (Wildman–Crippen MR) is 130 cm³/mol. The van der Waals surface area contributed by atoms with Gasteiger partial charge in [-0.25, -0.2) is 8.42 Å². The molecular formula is C25H27N3O4S. The van der Waals surface area contributed by atoms with Crippen molar-refractivity contribution < 1.29 is 18.0 Å². The van der Waals surface area contributed by atoms with Gasteiger partial charge in [0.25, 0.3) is 21.8 Å². The van der Waals surface area contributed by atoms with Crippen LogP contribution in [0.5, 0.6) is 0 Å². The molecule has 0 atom stereocenters. The van der Waals surface area contributed by atoms with Crippen molar-refractivity contribution in [2.45, 2.75) is 38.6 Å². The van der Waals surface area contributed by atoms with E-state index in [-0.39, 0.29) is 28.1 Å². The Morgan fingerprint density at radius 2 is 1.52 bits per heavy atom. The molecule has 0 aliphatic rings. The molecule has 0 aromatic heterocycles. The maximum Gasteiger partial charge on any atom is 0.262 e. The number of carbonyl (C=O) groups excluding carboxylic acids is 2. The molecule has 172 valence electrons. The molecule has 0 bridgehead atoms. The SMILES string of the molecule is Cc1ccc(C)c(S(=O)(=O)Nc2ccccc2C(=O)Nc2ccc(C(=O)NC(C)C)cc2)c1. The van der Waals surface area contributed by atoms with E-state index in [9.17, 15) is 18.0 Å². The van der Waals surface area contributed by atoms with Crippen LogP contribution in [0, 0.1) is 13.8 Å². The molecule has 3 rings (SSSR count). The van der Waals surface area contributed by atoms with E-state index in [1.807, 2.05) is 26.8 Å². The van der Waals surface area contributed by atoms with Crippen molar-refractivity contribution in [3.05, 3.63) is 89.0 Å². The van der Waals surface area contributed by atoms with E-state index in [4.69, 9.17) is 0 Å². The highest BCUT2D eigenvalue weighted by molar-refractivity contribution is 7.92.